The van der Waals surface area contributed by atoms with Gasteiger partial charge in [0.05, 0.1) is 0 Å². The molecule has 14 heavy (non-hydrogen) atoms. The zero-order valence-corrected chi connectivity index (χ0v) is 9.22. The molecule has 1 aromatic carbocycles. The maximum atomic E-state index is 6.19. The third kappa shape index (κ3) is 1.79. The maximum Gasteiger partial charge on any atom is 0.0456 e. The third-order valence-corrected chi connectivity index (χ3v) is 3.32. The standard InChI is InChI=1S/C12H16ClN/c1-2-8-4-3-5-10(13)11(8)12(14)9-6-7-9/h3-5,9,12H,2,6-7,14H2,1H3/t12-/m1/s1. The minimum absolute atomic E-state index is 0.152. The Morgan fingerprint density at radius 2 is 2.21 bits per heavy atom. The number of rotatable bonds is 3. The Morgan fingerprint density at radius 3 is 2.79 bits per heavy atom. The van der Waals surface area contributed by atoms with Crippen molar-refractivity contribution in [3.05, 3.63) is 34.3 Å². The lowest BCUT2D eigenvalue weighted by Crippen LogP contribution is -2.15. The highest BCUT2D eigenvalue weighted by Crippen LogP contribution is 2.42. The van der Waals surface area contributed by atoms with Gasteiger partial charge in [0.1, 0.15) is 0 Å². The number of halogens is 1. The van der Waals surface area contributed by atoms with Gasteiger partial charge in [0.15, 0.2) is 0 Å². The van der Waals surface area contributed by atoms with Crippen LogP contribution in [0.2, 0.25) is 5.02 Å². The lowest BCUT2D eigenvalue weighted by molar-refractivity contribution is 0.627. The van der Waals surface area contributed by atoms with E-state index in [2.05, 4.69) is 13.0 Å². The highest BCUT2D eigenvalue weighted by molar-refractivity contribution is 6.31. The third-order valence-electron chi connectivity index (χ3n) is 2.99. The van der Waals surface area contributed by atoms with E-state index in [0.29, 0.717) is 5.92 Å². The molecule has 0 saturated heterocycles. The van der Waals surface area contributed by atoms with Crippen LogP contribution in [-0.4, -0.2) is 0 Å². The van der Waals surface area contributed by atoms with Crippen molar-refractivity contribution < 1.29 is 0 Å². The van der Waals surface area contributed by atoms with E-state index in [-0.39, 0.29) is 6.04 Å². The SMILES string of the molecule is CCc1cccc(Cl)c1[C@H](N)C1CC1. The molecule has 0 bridgehead atoms. The minimum Gasteiger partial charge on any atom is -0.324 e. The summed E-state index contributed by atoms with van der Waals surface area (Å²) in [5.41, 5.74) is 8.68. The highest BCUT2D eigenvalue weighted by atomic mass is 35.5. The Kier molecular flexibility index (Phi) is 2.80. The normalized spacial score (nSPS) is 18.2. The predicted molar refractivity (Wildman–Crippen MR) is 60.5 cm³/mol. The van der Waals surface area contributed by atoms with E-state index in [0.717, 1.165) is 11.4 Å². The molecular formula is C12H16ClN. The zero-order valence-electron chi connectivity index (χ0n) is 8.46. The molecule has 0 aliphatic heterocycles. The number of hydrogen-bond donors (Lipinski definition) is 1. The second-order valence-electron chi connectivity index (χ2n) is 4.03. The van der Waals surface area contributed by atoms with Gasteiger partial charge in [0.2, 0.25) is 0 Å². The first-order chi connectivity index (χ1) is 6.74. The van der Waals surface area contributed by atoms with Crippen LogP contribution in [0.3, 0.4) is 0 Å². The van der Waals surface area contributed by atoms with E-state index in [1.165, 1.54) is 24.0 Å². The van der Waals surface area contributed by atoms with Crippen molar-refractivity contribution >= 4 is 11.6 Å². The Morgan fingerprint density at radius 1 is 1.50 bits per heavy atom. The van der Waals surface area contributed by atoms with Crippen molar-refractivity contribution in [1.82, 2.24) is 0 Å². The lowest BCUT2D eigenvalue weighted by Gasteiger charge is -2.16. The summed E-state index contributed by atoms with van der Waals surface area (Å²) < 4.78 is 0. The van der Waals surface area contributed by atoms with E-state index in [1.54, 1.807) is 0 Å². The van der Waals surface area contributed by atoms with E-state index in [4.69, 9.17) is 17.3 Å². The van der Waals surface area contributed by atoms with Gasteiger partial charge in [-0.3, -0.25) is 0 Å². The Balaban J connectivity index is 2.37. The van der Waals surface area contributed by atoms with E-state index < -0.39 is 0 Å². The number of benzene rings is 1. The molecule has 0 radical (unpaired) electrons. The molecule has 1 fully saturated rings. The maximum absolute atomic E-state index is 6.19. The molecule has 2 rings (SSSR count). The van der Waals surface area contributed by atoms with Crippen LogP contribution in [0.5, 0.6) is 0 Å². The van der Waals surface area contributed by atoms with Crippen LogP contribution >= 0.6 is 11.6 Å². The zero-order chi connectivity index (χ0) is 10.1. The van der Waals surface area contributed by atoms with Gasteiger partial charge in [0, 0.05) is 11.1 Å². The van der Waals surface area contributed by atoms with Crippen LogP contribution in [-0.2, 0) is 6.42 Å². The minimum atomic E-state index is 0.152. The molecule has 0 aromatic heterocycles. The van der Waals surface area contributed by atoms with Gasteiger partial charge in [-0.05, 0) is 42.4 Å². The van der Waals surface area contributed by atoms with Crippen LogP contribution < -0.4 is 5.73 Å². The van der Waals surface area contributed by atoms with Crippen molar-refractivity contribution in [3.63, 3.8) is 0 Å². The van der Waals surface area contributed by atoms with Gasteiger partial charge in [0.25, 0.3) is 0 Å². The van der Waals surface area contributed by atoms with Crippen molar-refractivity contribution in [1.29, 1.82) is 0 Å². The average molecular weight is 210 g/mol. The summed E-state index contributed by atoms with van der Waals surface area (Å²) in [5.74, 6) is 0.667. The summed E-state index contributed by atoms with van der Waals surface area (Å²) in [7, 11) is 0. The Hall–Kier alpha value is -0.530. The fraction of sp³-hybridized carbons (Fsp3) is 0.500. The summed E-state index contributed by atoms with van der Waals surface area (Å²) in [6.45, 7) is 2.15. The topological polar surface area (TPSA) is 26.0 Å². The molecule has 1 aromatic rings. The molecule has 0 spiro atoms. The molecule has 76 valence electrons. The summed E-state index contributed by atoms with van der Waals surface area (Å²) in [6, 6.07) is 6.23. The van der Waals surface area contributed by atoms with Gasteiger partial charge in [-0.2, -0.15) is 0 Å². The molecule has 2 heteroatoms. The first-order valence-electron chi connectivity index (χ1n) is 5.27. The monoisotopic (exact) mass is 209 g/mol. The molecular weight excluding hydrogens is 194 g/mol. The van der Waals surface area contributed by atoms with Crippen molar-refractivity contribution in [3.8, 4) is 0 Å². The smallest absolute Gasteiger partial charge is 0.0456 e. The molecule has 1 aliphatic rings. The summed E-state index contributed by atoms with van der Waals surface area (Å²) >= 11 is 6.19. The van der Waals surface area contributed by atoms with Gasteiger partial charge in [-0.15, -0.1) is 0 Å². The molecule has 1 atom stereocenters. The van der Waals surface area contributed by atoms with Gasteiger partial charge >= 0.3 is 0 Å². The van der Waals surface area contributed by atoms with Crippen LogP contribution in [0, 0.1) is 5.92 Å². The second-order valence-corrected chi connectivity index (χ2v) is 4.44. The van der Waals surface area contributed by atoms with Crippen molar-refractivity contribution in [2.75, 3.05) is 0 Å². The molecule has 0 heterocycles. The van der Waals surface area contributed by atoms with E-state index in [1.807, 2.05) is 12.1 Å². The van der Waals surface area contributed by atoms with E-state index in [9.17, 15) is 0 Å². The number of hydrogen-bond acceptors (Lipinski definition) is 1. The Labute approximate surface area is 90.3 Å². The molecule has 0 amide bonds. The molecule has 1 saturated carbocycles. The quantitative estimate of drug-likeness (QED) is 0.812. The van der Waals surface area contributed by atoms with Crippen LogP contribution in [0.1, 0.15) is 36.9 Å². The highest BCUT2D eigenvalue weighted by Gasteiger charge is 2.31. The summed E-state index contributed by atoms with van der Waals surface area (Å²) in [4.78, 5) is 0. The summed E-state index contributed by atoms with van der Waals surface area (Å²) in [5, 5.41) is 0.837. The average Bonchev–Trinajstić information content (AvgIpc) is 2.99. The van der Waals surface area contributed by atoms with Crippen molar-refractivity contribution in [2.45, 2.75) is 32.2 Å². The van der Waals surface area contributed by atoms with Gasteiger partial charge in [-0.1, -0.05) is 30.7 Å². The number of aryl methyl sites for hydroxylation is 1. The van der Waals surface area contributed by atoms with Gasteiger partial charge < -0.3 is 5.73 Å². The fourth-order valence-corrected chi connectivity index (χ4v) is 2.27. The first-order valence-corrected chi connectivity index (χ1v) is 5.64. The predicted octanol–water partition coefficient (Wildman–Crippen LogP) is 3.31. The largest absolute Gasteiger partial charge is 0.324 e. The molecule has 2 N–H and O–H groups in total. The number of nitrogens with two attached hydrogens (primary N) is 1. The van der Waals surface area contributed by atoms with Gasteiger partial charge in [-0.25, -0.2) is 0 Å². The fourth-order valence-electron chi connectivity index (χ4n) is 1.95. The molecule has 1 aliphatic carbocycles. The lowest BCUT2D eigenvalue weighted by atomic mass is 9.96. The van der Waals surface area contributed by atoms with Crippen LogP contribution in [0.25, 0.3) is 0 Å². The molecule has 0 unspecified atom stereocenters. The Bertz CT molecular complexity index is 331. The molecule has 1 nitrogen and oxygen atoms in total. The first kappa shape index (κ1) is 10.0. The second kappa shape index (κ2) is 3.92. The van der Waals surface area contributed by atoms with Crippen LogP contribution in [0.15, 0.2) is 18.2 Å². The van der Waals surface area contributed by atoms with Crippen molar-refractivity contribution in [2.24, 2.45) is 11.7 Å². The van der Waals surface area contributed by atoms with Crippen LogP contribution in [0.4, 0.5) is 0 Å². The summed E-state index contributed by atoms with van der Waals surface area (Å²) in [6.07, 6.45) is 3.53. The van der Waals surface area contributed by atoms with E-state index >= 15 is 0 Å².